The van der Waals surface area contributed by atoms with Gasteiger partial charge in [0.1, 0.15) is 0 Å². The maximum absolute atomic E-state index is 5.41. The van der Waals surface area contributed by atoms with E-state index in [1.807, 2.05) is 7.05 Å². The molecule has 2 atom stereocenters. The highest BCUT2D eigenvalue weighted by atomic mass is 16.5. The summed E-state index contributed by atoms with van der Waals surface area (Å²) in [6.45, 7) is 10.0. The molecular weight excluding hydrogens is 174 g/mol. The Morgan fingerprint density at radius 3 is 2.21 bits per heavy atom. The summed E-state index contributed by atoms with van der Waals surface area (Å²) in [5.74, 6) is 1.50. The molecule has 0 aromatic heterocycles. The third kappa shape index (κ3) is 5.61. The zero-order chi connectivity index (χ0) is 11.2. The van der Waals surface area contributed by atoms with Crippen LogP contribution in [0.25, 0.3) is 0 Å². The molecule has 0 aromatic carbocycles. The van der Waals surface area contributed by atoms with Gasteiger partial charge in [-0.2, -0.15) is 0 Å². The van der Waals surface area contributed by atoms with Gasteiger partial charge in [-0.15, -0.1) is 0 Å². The van der Waals surface area contributed by atoms with E-state index in [0.29, 0.717) is 0 Å². The van der Waals surface area contributed by atoms with E-state index >= 15 is 0 Å². The van der Waals surface area contributed by atoms with E-state index in [1.165, 1.54) is 6.42 Å². The molecule has 0 fully saturated rings. The fraction of sp³-hybridized carbons (Fsp3) is 1.00. The first kappa shape index (κ1) is 13.9. The van der Waals surface area contributed by atoms with Crippen LogP contribution in [0.3, 0.4) is 0 Å². The summed E-state index contributed by atoms with van der Waals surface area (Å²) in [5.41, 5.74) is 0.0353. The van der Waals surface area contributed by atoms with Crippen LogP contribution in [0, 0.1) is 11.8 Å². The predicted molar refractivity (Wildman–Crippen MR) is 62.6 cm³/mol. The molecule has 0 aliphatic rings. The molecule has 2 nitrogen and oxygen atoms in total. The number of rotatable bonds is 7. The zero-order valence-electron chi connectivity index (χ0n) is 10.7. The molecule has 1 N–H and O–H groups in total. The van der Waals surface area contributed by atoms with Crippen LogP contribution in [-0.4, -0.2) is 26.3 Å². The minimum atomic E-state index is 0.0353. The van der Waals surface area contributed by atoms with Crippen molar-refractivity contribution in [1.82, 2.24) is 5.32 Å². The normalized spacial score (nSPS) is 16.7. The Kier molecular flexibility index (Phi) is 6.38. The lowest BCUT2D eigenvalue weighted by Crippen LogP contribution is -2.26. The highest BCUT2D eigenvalue weighted by molar-refractivity contribution is 4.72. The summed E-state index contributed by atoms with van der Waals surface area (Å²) >= 11 is 0. The fourth-order valence-corrected chi connectivity index (χ4v) is 1.49. The van der Waals surface area contributed by atoms with Crippen LogP contribution >= 0.6 is 0 Å². The number of ether oxygens (including phenoxy) is 1. The SMILES string of the molecule is CNCC(C)C(C)CCC(C)(C)OC. The average molecular weight is 201 g/mol. The number of nitrogens with one attached hydrogen (secondary N) is 1. The van der Waals surface area contributed by atoms with Gasteiger partial charge in [-0.3, -0.25) is 0 Å². The molecule has 0 bridgehead atoms. The zero-order valence-corrected chi connectivity index (χ0v) is 10.7. The maximum Gasteiger partial charge on any atom is 0.0622 e. The molecule has 0 aliphatic heterocycles. The second kappa shape index (κ2) is 6.41. The van der Waals surface area contributed by atoms with Gasteiger partial charge in [-0.1, -0.05) is 13.8 Å². The summed E-state index contributed by atoms with van der Waals surface area (Å²) in [6, 6.07) is 0. The number of hydrogen-bond acceptors (Lipinski definition) is 2. The first-order chi connectivity index (χ1) is 6.43. The summed E-state index contributed by atoms with van der Waals surface area (Å²) in [6.07, 6.45) is 2.38. The van der Waals surface area contributed by atoms with Crippen molar-refractivity contribution in [3.8, 4) is 0 Å². The Morgan fingerprint density at radius 2 is 1.79 bits per heavy atom. The second-order valence-corrected chi connectivity index (χ2v) is 5.01. The molecule has 2 heteroatoms. The fourth-order valence-electron chi connectivity index (χ4n) is 1.49. The standard InChI is InChI=1S/C12H27NO/c1-10(11(2)9-13-5)7-8-12(3,4)14-6/h10-11,13H,7-9H2,1-6H3. The Hall–Kier alpha value is -0.0800. The van der Waals surface area contributed by atoms with Gasteiger partial charge in [0.05, 0.1) is 5.60 Å². The smallest absolute Gasteiger partial charge is 0.0622 e. The maximum atomic E-state index is 5.41. The van der Waals surface area contributed by atoms with E-state index in [1.54, 1.807) is 7.11 Å². The van der Waals surface area contributed by atoms with Crippen molar-refractivity contribution < 1.29 is 4.74 Å². The molecular formula is C12H27NO. The molecule has 2 unspecified atom stereocenters. The van der Waals surface area contributed by atoms with Gasteiger partial charge in [0, 0.05) is 7.11 Å². The highest BCUT2D eigenvalue weighted by Gasteiger charge is 2.19. The van der Waals surface area contributed by atoms with Crippen molar-refractivity contribution in [2.75, 3.05) is 20.7 Å². The van der Waals surface area contributed by atoms with Crippen LogP contribution in [0.4, 0.5) is 0 Å². The molecule has 14 heavy (non-hydrogen) atoms. The molecule has 86 valence electrons. The van der Waals surface area contributed by atoms with Crippen LogP contribution in [0.15, 0.2) is 0 Å². The van der Waals surface area contributed by atoms with Gasteiger partial charge in [0.15, 0.2) is 0 Å². The van der Waals surface area contributed by atoms with E-state index in [0.717, 1.165) is 24.8 Å². The summed E-state index contributed by atoms with van der Waals surface area (Å²) < 4.78 is 5.41. The molecule has 0 saturated heterocycles. The predicted octanol–water partition coefficient (Wildman–Crippen LogP) is 2.68. The van der Waals surface area contributed by atoms with Crippen LogP contribution in [0.2, 0.25) is 0 Å². The van der Waals surface area contributed by atoms with E-state index < -0.39 is 0 Å². The van der Waals surface area contributed by atoms with Gasteiger partial charge in [0.25, 0.3) is 0 Å². The Bertz CT molecular complexity index is 145. The van der Waals surface area contributed by atoms with Gasteiger partial charge < -0.3 is 10.1 Å². The summed E-state index contributed by atoms with van der Waals surface area (Å²) in [4.78, 5) is 0. The Morgan fingerprint density at radius 1 is 1.21 bits per heavy atom. The minimum absolute atomic E-state index is 0.0353. The third-order valence-electron chi connectivity index (χ3n) is 3.25. The molecule has 0 spiro atoms. The van der Waals surface area contributed by atoms with E-state index in [2.05, 4.69) is 33.0 Å². The van der Waals surface area contributed by atoms with Crippen LogP contribution in [0.1, 0.15) is 40.5 Å². The lowest BCUT2D eigenvalue weighted by Gasteiger charge is -2.26. The monoisotopic (exact) mass is 201 g/mol. The number of methoxy groups -OCH3 is 1. The van der Waals surface area contributed by atoms with Gasteiger partial charge in [0.2, 0.25) is 0 Å². The lowest BCUT2D eigenvalue weighted by atomic mass is 9.88. The minimum Gasteiger partial charge on any atom is -0.379 e. The van der Waals surface area contributed by atoms with Crippen molar-refractivity contribution in [2.45, 2.75) is 46.1 Å². The van der Waals surface area contributed by atoms with Gasteiger partial charge in [-0.05, 0) is 52.1 Å². The van der Waals surface area contributed by atoms with Gasteiger partial charge >= 0.3 is 0 Å². The molecule has 0 radical (unpaired) electrons. The Labute approximate surface area is 89.4 Å². The average Bonchev–Trinajstić information content (AvgIpc) is 2.15. The molecule has 0 heterocycles. The molecule has 0 aromatic rings. The Balaban J connectivity index is 3.77. The van der Waals surface area contributed by atoms with Crippen molar-refractivity contribution >= 4 is 0 Å². The summed E-state index contributed by atoms with van der Waals surface area (Å²) in [5, 5.41) is 3.23. The molecule has 0 rings (SSSR count). The van der Waals surface area contributed by atoms with E-state index in [4.69, 9.17) is 4.74 Å². The quantitative estimate of drug-likeness (QED) is 0.684. The molecule has 0 aliphatic carbocycles. The van der Waals surface area contributed by atoms with Crippen molar-refractivity contribution in [3.63, 3.8) is 0 Å². The second-order valence-electron chi connectivity index (χ2n) is 5.01. The first-order valence-electron chi connectivity index (χ1n) is 5.62. The van der Waals surface area contributed by atoms with Crippen molar-refractivity contribution in [3.05, 3.63) is 0 Å². The summed E-state index contributed by atoms with van der Waals surface area (Å²) in [7, 11) is 3.81. The van der Waals surface area contributed by atoms with E-state index in [-0.39, 0.29) is 5.60 Å². The topological polar surface area (TPSA) is 21.3 Å². The van der Waals surface area contributed by atoms with Crippen molar-refractivity contribution in [2.24, 2.45) is 11.8 Å². The lowest BCUT2D eigenvalue weighted by molar-refractivity contribution is 0.00924. The van der Waals surface area contributed by atoms with Crippen LogP contribution in [-0.2, 0) is 4.74 Å². The molecule has 0 saturated carbocycles. The first-order valence-corrected chi connectivity index (χ1v) is 5.62. The highest BCUT2D eigenvalue weighted by Crippen LogP contribution is 2.23. The molecule has 0 amide bonds. The van der Waals surface area contributed by atoms with Crippen LogP contribution < -0.4 is 5.32 Å². The van der Waals surface area contributed by atoms with Gasteiger partial charge in [-0.25, -0.2) is 0 Å². The largest absolute Gasteiger partial charge is 0.379 e. The van der Waals surface area contributed by atoms with Crippen molar-refractivity contribution in [1.29, 1.82) is 0 Å². The third-order valence-corrected chi connectivity index (χ3v) is 3.25. The van der Waals surface area contributed by atoms with Crippen LogP contribution in [0.5, 0.6) is 0 Å². The van der Waals surface area contributed by atoms with E-state index in [9.17, 15) is 0 Å². The number of hydrogen-bond donors (Lipinski definition) is 1.